The van der Waals surface area contributed by atoms with Crippen LogP contribution >= 0.6 is 11.3 Å². The maximum Gasteiger partial charge on any atom is 0.350 e. The molecule has 0 radical (unpaired) electrons. The van der Waals surface area contributed by atoms with Gasteiger partial charge in [-0.2, -0.15) is 5.10 Å². The van der Waals surface area contributed by atoms with Crippen molar-refractivity contribution in [2.24, 2.45) is 0 Å². The van der Waals surface area contributed by atoms with Crippen LogP contribution in [0, 0.1) is 20.8 Å². The number of hydrogen-bond donors (Lipinski definition) is 1. The molecule has 0 aliphatic carbocycles. The average Bonchev–Trinajstić information content (AvgIpc) is 3.07. The third-order valence-electron chi connectivity index (χ3n) is 3.38. The number of aryl methyl sites for hydroxylation is 3. The Kier molecular flexibility index (Phi) is 4.06. The molecule has 0 saturated carbocycles. The number of rotatable bonds is 3. The van der Waals surface area contributed by atoms with Crippen molar-refractivity contribution in [2.75, 3.05) is 12.4 Å². The number of carbonyl (C=O) groups excluding carboxylic acids is 2. The van der Waals surface area contributed by atoms with E-state index in [4.69, 9.17) is 4.74 Å². The number of carbonyl (C=O) groups is 2. The Bertz CT molecular complexity index is 958. The average molecular weight is 344 g/mol. The number of aromatic nitrogens is 3. The van der Waals surface area contributed by atoms with Crippen LogP contribution in [0.15, 0.2) is 18.2 Å². The zero-order valence-electron chi connectivity index (χ0n) is 13.7. The lowest BCUT2D eigenvalue weighted by molar-refractivity contribution is 0.0607. The van der Waals surface area contributed by atoms with Gasteiger partial charge in [0.25, 0.3) is 5.91 Å². The summed E-state index contributed by atoms with van der Waals surface area (Å²) in [6.07, 6.45) is 0. The first-order chi connectivity index (χ1) is 11.4. The summed E-state index contributed by atoms with van der Waals surface area (Å²) in [5.41, 5.74) is 2.87. The van der Waals surface area contributed by atoms with Gasteiger partial charge < -0.3 is 10.1 Å². The molecule has 7 nitrogen and oxygen atoms in total. The third-order valence-corrected chi connectivity index (χ3v) is 4.41. The fraction of sp³-hybridized carbons (Fsp3) is 0.250. The van der Waals surface area contributed by atoms with Crippen LogP contribution < -0.4 is 5.32 Å². The number of amides is 1. The molecule has 0 fully saturated rings. The third kappa shape index (κ3) is 2.88. The number of thiophene rings is 1. The Morgan fingerprint density at radius 2 is 1.92 bits per heavy atom. The number of nitrogens with one attached hydrogen (secondary N) is 1. The topological polar surface area (TPSA) is 85.6 Å². The molecule has 0 atom stereocenters. The molecule has 0 bridgehead atoms. The fourth-order valence-corrected chi connectivity index (χ4v) is 3.30. The summed E-state index contributed by atoms with van der Waals surface area (Å²) in [6, 6.07) is 5.21. The van der Waals surface area contributed by atoms with E-state index in [1.807, 2.05) is 20.8 Å². The van der Waals surface area contributed by atoms with E-state index in [1.54, 1.807) is 18.2 Å². The van der Waals surface area contributed by atoms with Gasteiger partial charge in [-0.15, -0.1) is 11.3 Å². The predicted octanol–water partition coefficient (Wildman–Crippen LogP) is 2.75. The van der Waals surface area contributed by atoms with Gasteiger partial charge in [0.1, 0.15) is 10.6 Å². The number of esters is 1. The Morgan fingerprint density at radius 3 is 2.62 bits per heavy atom. The second-order valence-corrected chi connectivity index (χ2v) is 6.64. The van der Waals surface area contributed by atoms with E-state index >= 15 is 0 Å². The molecule has 0 unspecified atom stereocenters. The zero-order valence-corrected chi connectivity index (χ0v) is 14.5. The van der Waals surface area contributed by atoms with Gasteiger partial charge in [0.15, 0.2) is 5.65 Å². The number of hydrogen-bond acceptors (Lipinski definition) is 6. The Labute approximate surface area is 142 Å². The molecule has 3 heterocycles. The summed E-state index contributed by atoms with van der Waals surface area (Å²) in [4.78, 5) is 30.2. The van der Waals surface area contributed by atoms with Crippen LogP contribution in [-0.4, -0.2) is 33.6 Å². The van der Waals surface area contributed by atoms with Crippen LogP contribution in [0.4, 0.5) is 5.69 Å². The predicted molar refractivity (Wildman–Crippen MR) is 90.8 cm³/mol. The molecule has 3 aromatic rings. The molecule has 3 rings (SSSR count). The molecule has 8 heteroatoms. The van der Waals surface area contributed by atoms with Gasteiger partial charge in [-0.3, -0.25) is 4.79 Å². The molecule has 3 aromatic heterocycles. The van der Waals surface area contributed by atoms with Crippen molar-refractivity contribution in [3.63, 3.8) is 0 Å². The highest BCUT2D eigenvalue weighted by Crippen LogP contribution is 2.28. The molecule has 124 valence electrons. The Morgan fingerprint density at radius 1 is 1.17 bits per heavy atom. The van der Waals surface area contributed by atoms with Crippen molar-refractivity contribution in [1.29, 1.82) is 0 Å². The molecule has 1 amide bonds. The smallest absolute Gasteiger partial charge is 0.350 e. The normalized spacial score (nSPS) is 10.8. The van der Waals surface area contributed by atoms with Crippen LogP contribution in [0.2, 0.25) is 0 Å². The van der Waals surface area contributed by atoms with Crippen molar-refractivity contribution in [1.82, 2.24) is 14.6 Å². The summed E-state index contributed by atoms with van der Waals surface area (Å²) in [6.45, 7) is 5.51. The first-order valence-corrected chi connectivity index (χ1v) is 8.05. The molecule has 0 saturated heterocycles. The number of fused-ring (bicyclic) bond motifs is 1. The summed E-state index contributed by atoms with van der Waals surface area (Å²) in [5.74, 6) is -0.842. The van der Waals surface area contributed by atoms with Crippen LogP contribution in [0.3, 0.4) is 0 Å². The van der Waals surface area contributed by atoms with Crippen LogP contribution in [-0.2, 0) is 4.74 Å². The highest BCUT2D eigenvalue weighted by Gasteiger charge is 2.20. The minimum atomic E-state index is -0.477. The van der Waals surface area contributed by atoms with Gasteiger partial charge in [0.2, 0.25) is 0 Å². The van der Waals surface area contributed by atoms with Gasteiger partial charge in [0.05, 0.1) is 18.5 Å². The fourth-order valence-electron chi connectivity index (χ4n) is 2.41. The molecule has 0 aliphatic heterocycles. The highest BCUT2D eigenvalue weighted by atomic mass is 32.1. The number of anilines is 1. The van der Waals surface area contributed by atoms with Gasteiger partial charge in [-0.25, -0.2) is 14.3 Å². The number of nitrogens with zero attached hydrogens (tertiary/aromatic N) is 3. The first kappa shape index (κ1) is 16.1. The first-order valence-electron chi connectivity index (χ1n) is 7.23. The monoisotopic (exact) mass is 344 g/mol. The maximum absolute atomic E-state index is 12.7. The minimum absolute atomic E-state index is 0.352. The molecule has 0 aromatic carbocycles. The molecule has 1 N–H and O–H groups in total. The van der Waals surface area contributed by atoms with Crippen molar-refractivity contribution in [2.45, 2.75) is 20.8 Å². The molecule has 0 aliphatic rings. The second-order valence-electron chi connectivity index (χ2n) is 5.38. The van der Waals surface area contributed by atoms with Gasteiger partial charge in [-0.1, -0.05) is 0 Å². The van der Waals surface area contributed by atoms with E-state index in [0.717, 1.165) is 10.6 Å². The molecular weight excluding hydrogens is 328 g/mol. The lowest BCUT2D eigenvalue weighted by Gasteiger charge is -2.08. The maximum atomic E-state index is 12.7. The van der Waals surface area contributed by atoms with Crippen LogP contribution in [0.25, 0.3) is 5.65 Å². The van der Waals surface area contributed by atoms with Gasteiger partial charge in [0, 0.05) is 16.6 Å². The van der Waals surface area contributed by atoms with E-state index in [9.17, 15) is 9.59 Å². The lowest BCUT2D eigenvalue weighted by atomic mass is 10.3. The van der Waals surface area contributed by atoms with E-state index in [1.165, 1.54) is 23.0 Å². The standard InChI is InChI=1S/C16H16N4O3S/c1-8-5-12(20-13(17-8)6-9(2)19-20)15(21)18-11-7-10(3)24-14(11)16(22)23-4/h5-7H,1-4H3,(H,18,21). The van der Waals surface area contributed by atoms with E-state index < -0.39 is 5.97 Å². The highest BCUT2D eigenvalue weighted by molar-refractivity contribution is 7.14. The zero-order chi connectivity index (χ0) is 17.4. The van der Waals surface area contributed by atoms with E-state index in [0.29, 0.717) is 27.6 Å². The summed E-state index contributed by atoms with van der Waals surface area (Å²) in [5, 5.41) is 7.07. The quantitative estimate of drug-likeness (QED) is 0.739. The molecular formula is C16H16N4O3S. The second kappa shape index (κ2) is 6.04. The van der Waals surface area contributed by atoms with Crippen molar-refractivity contribution in [3.05, 3.63) is 45.0 Å². The Balaban J connectivity index is 2.01. The van der Waals surface area contributed by atoms with E-state index in [2.05, 4.69) is 15.4 Å². The van der Waals surface area contributed by atoms with Gasteiger partial charge >= 0.3 is 5.97 Å². The van der Waals surface area contributed by atoms with Crippen molar-refractivity contribution >= 4 is 34.5 Å². The lowest BCUT2D eigenvalue weighted by Crippen LogP contribution is -2.18. The summed E-state index contributed by atoms with van der Waals surface area (Å²) >= 11 is 1.27. The van der Waals surface area contributed by atoms with Crippen molar-refractivity contribution in [3.8, 4) is 0 Å². The van der Waals surface area contributed by atoms with Crippen LogP contribution in [0.5, 0.6) is 0 Å². The molecule has 24 heavy (non-hydrogen) atoms. The number of ether oxygens (including phenoxy) is 1. The summed E-state index contributed by atoms with van der Waals surface area (Å²) in [7, 11) is 1.31. The minimum Gasteiger partial charge on any atom is -0.465 e. The SMILES string of the molecule is COC(=O)c1sc(C)cc1NC(=O)c1cc(C)nc2cc(C)nn12. The largest absolute Gasteiger partial charge is 0.465 e. The molecule has 0 spiro atoms. The van der Waals surface area contributed by atoms with E-state index in [-0.39, 0.29) is 5.91 Å². The van der Waals surface area contributed by atoms with Gasteiger partial charge in [-0.05, 0) is 32.9 Å². The Hall–Kier alpha value is -2.74. The number of methoxy groups -OCH3 is 1. The van der Waals surface area contributed by atoms with Crippen LogP contribution in [0.1, 0.15) is 36.4 Å². The summed E-state index contributed by atoms with van der Waals surface area (Å²) < 4.78 is 6.26. The van der Waals surface area contributed by atoms with Crippen molar-refractivity contribution < 1.29 is 14.3 Å².